The molecular weight excluding hydrogens is 428 g/mol. The van der Waals surface area contributed by atoms with Crippen LogP contribution in [0.2, 0.25) is 0 Å². The summed E-state index contributed by atoms with van der Waals surface area (Å²) in [5.74, 6) is -0.314. The molecule has 0 aliphatic rings. The second-order valence-corrected chi connectivity index (χ2v) is 7.82. The van der Waals surface area contributed by atoms with E-state index >= 15 is 0 Å². The van der Waals surface area contributed by atoms with Crippen LogP contribution in [0.3, 0.4) is 0 Å². The molecule has 2 rings (SSSR count). The second-order valence-electron chi connectivity index (χ2n) is 6.91. The van der Waals surface area contributed by atoms with E-state index in [-0.39, 0.29) is 30.6 Å². The maximum absolute atomic E-state index is 13.3. The first-order valence-electron chi connectivity index (χ1n) is 8.86. The molecule has 152 valence electrons. The van der Waals surface area contributed by atoms with Crippen LogP contribution in [0.15, 0.2) is 32.3 Å². The lowest BCUT2D eigenvalue weighted by Crippen LogP contribution is -2.43. The molecule has 0 radical (unpaired) electrons. The maximum Gasteiger partial charge on any atom is 0.330 e. The summed E-state index contributed by atoms with van der Waals surface area (Å²) in [6, 6.07) is 5.24. The van der Waals surface area contributed by atoms with E-state index in [1.54, 1.807) is 19.1 Å². The van der Waals surface area contributed by atoms with Crippen molar-refractivity contribution in [2.24, 2.45) is 5.92 Å². The zero-order valence-electron chi connectivity index (χ0n) is 16.4. The number of anilines is 2. The van der Waals surface area contributed by atoms with Gasteiger partial charge < -0.3 is 10.5 Å². The van der Waals surface area contributed by atoms with Crippen LogP contribution < -0.4 is 21.9 Å². The molecule has 0 spiro atoms. The van der Waals surface area contributed by atoms with Crippen molar-refractivity contribution in [3.8, 4) is 0 Å². The predicted molar refractivity (Wildman–Crippen MR) is 113 cm³/mol. The lowest BCUT2D eigenvalue weighted by Gasteiger charge is -2.25. The number of halogens is 1. The van der Waals surface area contributed by atoms with E-state index in [4.69, 9.17) is 10.5 Å². The minimum atomic E-state index is -0.707. The normalized spacial score (nSPS) is 11.1. The molecule has 0 saturated carbocycles. The Balaban J connectivity index is 2.64. The number of nitrogens with one attached hydrogen (secondary N) is 1. The van der Waals surface area contributed by atoms with Gasteiger partial charge in [-0.1, -0.05) is 29.8 Å². The van der Waals surface area contributed by atoms with Crippen molar-refractivity contribution in [2.75, 3.05) is 30.9 Å². The molecule has 0 aliphatic carbocycles. The number of methoxy groups -OCH3 is 1. The van der Waals surface area contributed by atoms with E-state index in [1.807, 2.05) is 19.9 Å². The fraction of sp³-hybridized carbons (Fsp3) is 0.421. The van der Waals surface area contributed by atoms with E-state index in [2.05, 4.69) is 20.9 Å². The number of carbonyl (C=O) groups is 1. The van der Waals surface area contributed by atoms with Crippen molar-refractivity contribution < 1.29 is 9.53 Å². The van der Waals surface area contributed by atoms with Gasteiger partial charge in [-0.25, -0.2) is 4.79 Å². The molecule has 1 amide bonds. The Morgan fingerprint density at radius 1 is 1.36 bits per heavy atom. The molecule has 3 N–H and O–H groups in total. The number of hydrogen-bond acceptors (Lipinski definition) is 5. The third kappa shape index (κ3) is 4.71. The van der Waals surface area contributed by atoms with E-state index in [0.29, 0.717) is 12.1 Å². The number of benzene rings is 1. The van der Waals surface area contributed by atoms with Crippen LogP contribution in [-0.4, -0.2) is 35.7 Å². The molecule has 0 bridgehead atoms. The van der Waals surface area contributed by atoms with Gasteiger partial charge in [-0.15, -0.1) is 0 Å². The molecule has 9 heteroatoms. The van der Waals surface area contributed by atoms with E-state index in [0.717, 1.165) is 10.0 Å². The van der Waals surface area contributed by atoms with Crippen LogP contribution in [0.5, 0.6) is 0 Å². The van der Waals surface area contributed by atoms with Gasteiger partial charge in [-0.05, 0) is 36.6 Å². The summed E-state index contributed by atoms with van der Waals surface area (Å²) in [6.07, 6.45) is 0. The summed E-state index contributed by atoms with van der Waals surface area (Å²) >= 11 is 3.37. The average Bonchev–Trinajstić information content (AvgIpc) is 2.60. The monoisotopic (exact) mass is 452 g/mol. The minimum Gasteiger partial charge on any atom is -0.383 e. The molecule has 0 fully saturated rings. The smallest absolute Gasteiger partial charge is 0.330 e. The van der Waals surface area contributed by atoms with Crippen molar-refractivity contribution >= 4 is 33.3 Å². The van der Waals surface area contributed by atoms with Crippen LogP contribution in [0.4, 0.5) is 11.5 Å². The van der Waals surface area contributed by atoms with Crippen molar-refractivity contribution in [1.82, 2.24) is 9.55 Å². The van der Waals surface area contributed by atoms with Crippen LogP contribution >= 0.6 is 15.9 Å². The molecule has 1 heterocycles. The minimum absolute atomic E-state index is 0.0401. The quantitative estimate of drug-likeness (QED) is 0.668. The van der Waals surface area contributed by atoms with Gasteiger partial charge >= 0.3 is 5.69 Å². The molecule has 0 saturated heterocycles. The third-order valence-electron chi connectivity index (χ3n) is 4.21. The summed E-state index contributed by atoms with van der Waals surface area (Å²) in [7, 11) is 1.50. The number of amides is 1. The number of nitrogen functional groups attached to an aromatic ring is 1. The summed E-state index contributed by atoms with van der Waals surface area (Å²) in [5, 5.41) is 0. The van der Waals surface area contributed by atoms with E-state index < -0.39 is 17.2 Å². The predicted octanol–water partition coefficient (Wildman–Crippen LogP) is 2.14. The molecule has 0 aliphatic heterocycles. The maximum atomic E-state index is 13.3. The SMILES string of the molecule is COCCN(C(=O)c1ccc(Br)cc1C)c1c(N)n(CC(C)C)c(=O)[nH]c1=O. The Kier molecular flexibility index (Phi) is 7.20. The number of rotatable bonds is 7. The van der Waals surface area contributed by atoms with Crippen LogP contribution in [0, 0.1) is 12.8 Å². The molecule has 28 heavy (non-hydrogen) atoms. The Bertz CT molecular complexity index is 981. The van der Waals surface area contributed by atoms with E-state index in [1.165, 1.54) is 16.6 Å². The van der Waals surface area contributed by atoms with Gasteiger partial charge in [0.05, 0.1) is 6.61 Å². The van der Waals surface area contributed by atoms with Crippen LogP contribution in [-0.2, 0) is 11.3 Å². The van der Waals surface area contributed by atoms with Crippen LogP contribution in [0.1, 0.15) is 29.8 Å². The number of aromatic nitrogens is 2. The largest absolute Gasteiger partial charge is 0.383 e. The number of hydrogen-bond donors (Lipinski definition) is 2. The molecule has 1 aromatic carbocycles. The molecule has 1 aromatic heterocycles. The number of carbonyl (C=O) groups excluding carboxylic acids is 1. The summed E-state index contributed by atoms with van der Waals surface area (Å²) in [4.78, 5) is 41.6. The number of ether oxygens (including phenoxy) is 1. The summed E-state index contributed by atoms with van der Waals surface area (Å²) < 4.78 is 7.23. The van der Waals surface area contributed by atoms with Gasteiger partial charge in [0.1, 0.15) is 5.82 Å². The lowest BCUT2D eigenvalue weighted by atomic mass is 10.1. The molecule has 8 nitrogen and oxygen atoms in total. The Labute approximate surface area is 171 Å². The van der Waals surface area contributed by atoms with Gasteiger partial charge in [0, 0.05) is 30.2 Å². The summed E-state index contributed by atoms with van der Waals surface area (Å²) in [6.45, 7) is 6.28. The first kappa shape index (κ1) is 21.9. The van der Waals surface area contributed by atoms with Gasteiger partial charge in [0.15, 0.2) is 5.69 Å². The fourth-order valence-corrected chi connectivity index (χ4v) is 3.37. The number of aromatic amines is 1. The number of aryl methyl sites for hydroxylation is 1. The lowest BCUT2D eigenvalue weighted by molar-refractivity contribution is 0.0975. The second kappa shape index (κ2) is 9.20. The summed E-state index contributed by atoms with van der Waals surface area (Å²) in [5.41, 5.74) is 6.00. The highest BCUT2D eigenvalue weighted by Gasteiger charge is 2.26. The number of H-pyrrole nitrogens is 1. The van der Waals surface area contributed by atoms with Crippen molar-refractivity contribution in [2.45, 2.75) is 27.3 Å². The number of nitrogens with two attached hydrogens (primary N) is 1. The first-order valence-corrected chi connectivity index (χ1v) is 9.66. The molecule has 0 atom stereocenters. The van der Waals surface area contributed by atoms with Gasteiger partial charge in [0.2, 0.25) is 0 Å². The van der Waals surface area contributed by atoms with E-state index in [9.17, 15) is 14.4 Å². The highest BCUT2D eigenvalue weighted by atomic mass is 79.9. The standard InChI is InChI=1S/C19H25BrN4O4/c1-11(2)10-24-16(21)15(17(25)22-19(24)27)23(7-8-28-4)18(26)14-6-5-13(20)9-12(14)3/h5-6,9,11H,7-8,10,21H2,1-4H3,(H,22,25,27). The number of nitrogens with zero attached hydrogens (tertiary/aromatic N) is 2. The Morgan fingerprint density at radius 2 is 2.04 bits per heavy atom. The van der Waals surface area contributed by atoms with Crippen LogP contribution in [0.25, 0.3) is 0 Å². The van der Waals surface area contributed by atoms with Crippen molar-refractivity contribution in [3.05, 3.63) is 54.6 Å². The zero-order chi connectivity index (χ0) is 21.0. The van der Waals surface area contributed by atoms with Gasteiger partial charge in [-0.2, -0.15) is 0 Å². The highest BCUT2D eigenvalue weighted by molar-refractivity contribution is 9.10. The molecule has 0 unspecified atom stereocenters. The van der Waals surface area contributed by atoms with Crippen molar-refractivity contribution in [1.29, 1.82) is 0 Å². The Hall–Kier alpha value is -2.39. The highest BCUT2D eigenvalue weighted by Crippen LogP contribution is 2.23. The zero-order valence-corrected chi connectivity index (χ0v) is 18.0. The third-order valence-corrected chi connectivity index (χ3v) is 4.71. The Morgan fingerprint density at radius 3 is 2.61 bits per heavy atom. The van der Waals surface area contributed by atoms with Crippen molar-refractivity contribution in [3.63, 3.8) is 0 Å². The van der Waals surface area contributed by atoms with Gasteiger partial charge in [0.25, 0.3) is 11.5 Å². The average molecular weight is 453 g/mol. The molecule has 2 aromatic rings. The molecular formula is C19H25BrN4O4. The topological polar surface area (TPSA) is 110 Å². The van der Waals surface area contributed by atoms with Gasteiger partial charge in [-0.3, -0.25) is 24.0 Å². The first-order chi connectivity index (χ1) is 13.2. The fourth-order valence-electron chi connectivity index (χ4n) is 2.89.